The predicted octanol–water partition coefficient (Wildman–Crippen LogP) is 2.54. The monoisotopic (exact) mass is 278 g/mol. The quantitative estimate of drug-likeness (QED) is 0.921. The first-order valence-electron chi connectivity index (χ1n) is 7.22. The lowest BCUT2D eigenvalue weighted by atomic mass is 10.0. The van der Waals surface area contributed by atoms with Gasteiger partial charge in [0.15, 0.2) is 0 Å². The summed E-state index contributed by atoms with van der Waals surface area (Å²) >= 11 is 0. The molecule has 1 saturated heterocycles. The van der Waals surface area contributed by atoms with E-state index in [1.54, 1.807) is 20.8 Å². The number of carbonyl (C=O) groups excluding carboxylic acids is 1. The minimum absolute atomic E-state index is 0.108. The molecule has 4 heteroatoms. The van der Waals surface area contributed by atoms with Gasteiger partial charge in [0.25, 0.3) is 0 Å². The second-order valence-corrected chi connectivity index (χ2v) is 5.70. The van der Waals surface area contributed by atoms with Gasteiger partial charge < -0.3 is 10.2 Å². The maximum Gasteiger partial charge on any atom is 0.219 e. The zero-order valence-electron chi connectivity index (χ0n) is 12.5. The molecule has 0 aromatic heterocycles. The van der Waals surface area contributed by atoms with Crippen LogP contribution in [-0.2, 0) is 11.3 Å². The third-order valence-electron chi connectivity index (χ3n) is 4.03. The molecule has 2 rings (SSSR count). The number of benzene rings is 1. The average Bonchev–Trinajstić information content (AvgIpc) is 2.42. The molecule has 1 amide bonds. The Morgan fingerprint density at radius 3 is 2.35 bits per heavy atom. The van der Waals surface area contributed by atoms with Crippen molar-refractivity contribution >= 4 is 5.91 Å². The Morgan fingerprint density at radius 2 is 1.85 bits per heavy atom. The lowest BCUT2D eigenvalue weighted by Crippen LogP contribution is -2.43. The third-order valence-corrected chi connectivity index (χ3v) is 4.03. The van der Waals surface area contributed by atoms with Crippen LogP contribution in [-0.4, -0.2) is 29.9 Å². The van der Waals surface area contributed by atoms with Crippen LogP contribution >= 0.6 is 0 Å². The summed E-state index contributed by atoms with van der Waals surface area (Å²) in [5, 5.41) is 3.51. The van der Waals surface area contributed by atoms with E-state index in [4.69, 9.17) is 0 Å². The summed E-state index contributed by atoms with van der Waals surface area (Å²) in [4.78, 5) is 13.2. The zero-order valence-corrected chi connectivity index (χ0v) is 12.5. The summed E-state index contributed by atoms with van der Waals surface area (Å²) in [6.45, 7) is 7.64. The molecule has 1 aliphatic heterocycles. The standard InChI is InChI=1S/C16H23FN2O/c1-11-8-14(9-12(2)16(11)17)10-18-15-4-6-19(7-5-15)13(3)20/h8-9,15,18H,4-7,10H2,1-3H3. The van der Waals surface area contributed by atoms with Crippen molar-refractivity contribution in [2.45, 2.75) is 46.2 Å². The van der Waals surface area contributed by atoms with E-state index in [1.807, 2.05) is 17.0 Å². The summed E-state index contributed by atoms with van der Waals surface area (Å²) in [5.41, 5.74) is 2.52. The highest BCUT2D eigenvalue weighted by Gasteiger charge is 2.20. The Labute approximate surface area is 120 Å². The molecule has 0 bridgehead atoms. The smallest absolute Gasteiger partial charge is 0.219 e. The van der Waals surface area contributed by atoms with E-state index in [2.05, 4.69) is 5.32 Å². The minimum atomic E-state index is -0.108. The number of halogens is 1. The molecule has 0 radical (unpaired) electrons. The van der Waals surface area contributed by atoms with Gasteiger partial charge in [-0.2, -0.15) is 0 Å². The van der Waals surface area contributed by atoms with Crippen molar-refractivity contribution in [3.63, 3.8) is 0 Å². The number of nitrogens with one attached hydrogen (secondary N) is 1. The highest BCUT2D eigenvalue weighted by molar-refractivity contribution is 5.73. The lowest BCUT2D eigenvalue weighted by molar-refractivity contribution is -0.129. The lowest BCUT2D eigenvalue weighted by Gasteiger charge is -2.31. The van der Waals surface area contributed by atoms with Crippen LogP contribution in [0.3, 0.4) is 0 Å². The molecule has 3 nitrogen and oxygen atoms in total. The molecule has 1 aliphatic rings. The van der Waals surface area contributed by atoms with Crippen LogP contribution in [0.2, 0.25) is 0 Å². The van der Waals surface area contributed by atoms with E-state index in [9.17, 15) is 9.18 Å². The van der Waals surface area contributed by atoms with Gasteiger partial charge >= 0.3 is 0 Å². The van der Waals surface area contributed by atoms with Gasteiger partial charge in [-0.3, -0.25) is 4.79 Å². The molecule has 20 heavy (non-hydrogen) atoms. The van der Waals surface area contributed by atoms with Crippen LogP contribution in [0.15, 0.2) is 12.1 Å². The SMILES string of the molecule is CC(=O)N1CCC(NCc2cc(C)c(F)c(C)c2)CC1. The Kier molecular flexibility index (Phi) is 4.76. The number of hydrogen-bond acceptors (Lipinski definition) is 2. The van der Waals surface area contributed by atoms with Gasteiger partial charge in [-0.25, -0.2) is 4.39 Å². The summed E-state index contributed by atoms with van der Waals surface area (Å²) in [6.07, 6.45) is 1.97. The fourth-order valence-electron chi connectivity index (χ4n) is 2.80. The predicted molar refractivity (Wildman–Crippen MR) is 78.0 cm³/mol. The van der Waals surface area contributed by atoms with Crippen molar-refractivity contribution in [3.05, 3.63) is 34.6 Å². The van der Waals surface area contributed by atoms with Crippen molar-refractivity contribution in [2.24, 2.45) is 0 Å². The van der Waals surface area contributed by atoms with E-state index in [0.717, 1.165) is 38.0 Å². The zero-order chi connectivity index (χ0) is 14.7. The van der Waals surface area contributed by atoms with E-state index in [-0.39, 0.29) is 11.7 Å². The first-order chi connectivity index (χ1) is 9.47. The second kappa shape index (κ2) is 6.35. The van der Waals surface area contributed by atoms with Gasteiger partial charge in [-0.1, -0.05) is 12.1 Å². The minimum Gasteiger partial charge on any atom is -0.343 e. The van der Waals surface area contributed by atoms with Gasteiger partial charge in [0.1, 0.15) is 5.82 Å². The second-order valence-electron chi connectivity index (χ2n) is 5.70. The first-order valence-corrected chi connectivity index (χ1v) is 7.22. The van der Waals surface area contributed by atoms with E-state index in [1.165, 1.54) is 0 Å². The molecule has 1 aromatic carbocycles. The van der Waals surface area contributed by atoms with Crippen LogP contribution in [0.5, 0.6) is 0 Å². The van der Waals surface area contributed by atoms with Crippen molar-refractivity contribution < 1.29 is 9.18 Å². The van der Waals surface area contributed by atoms with Gasteiger partial charge in [0.05, 0.1) is 0 Å². The van der Waals surface area contributed by atoms with Crippen LogP contribution in [0.25, 0.3) is 0 Å². The molecular formula is C16H23FN2O. The molecule has 0 aliphatic carbocycles. The molecule has 0 atom stereocenters. The van der Waals surface area contributed by atoms with Crippen LogP contribution in [0, 0.1) is 19.7 Å². The maximum atomic E-state index is 13.6. The molecule has 1 aromatic rings. The fourth-order valence-corrected chi connectivity index (χ4v) is 2.80. The number of aryl methyl sites for hydroxylation is 2. The van der Waals surface area contributed by atoms with E-state index < -0.39 is 0 Å². The number of amides is 1. The summed E-state index contributed by atoms with van der Waals surface area (Å²) < 4.78 is 13.6. The maximum absolute atomic E-state index is 13.6. The van der Waals surface area contributed by atoms with Gasteiger partial charge in [0, 0.05) is 32.6 Å². The van der Waals surface area contributed by atoms with Gasteiger partial charge in [-0.05, 0) is 43.4 Å². The van der Waals surface area contributed by atoms with Crippen molar-refractivity contribution in [3.8, 4) is 0 Å². The summed E-state index contributed by atoms with van der Waals surface area (Å²) in [5.74, 6) is 0.0525. The van der Waals surface area contributed by atoms with E-state index >= 15 is 0 Å². The number of carbonyl (C=O) groups is 1. The van der Waals surface area contributed by atoms with Crippen LogP contribution < -0.4 is 5.32 Å². The largest absolute Gasteiger partial charge is 0.343 e. The van der Waals surface area contributed by atoms with Crippen LogP contribution in [0.4, 0.5) is 4.39 Å². The Morgan fingerprint density at radius 1 is 1.30 bits per heavy atom. The molecule has 0 unspecified atom stereocenters. The highest BCUT2D eigenvalue weighted by atomic mass is 19.1. The number of piperidine rings is 1. The molecule has 1 heterocycles. The van der Waals surface area contributed by atoms with Crippen molar-refractivity contribution in [1.29, 1.82) is 0 Å². The Balaban J connectivity index is 1.86. The van der Waals surface area contributed by atoms with Crippen molar-refractivity contribution in [1.82, 2.24) is 10.2 Å². The van der Waals surface area contributed by atoms with Gasteiger partial charge in [0.2, 0.25) is 5.91 Å². The summed E-state index contributed by atoms with van der Waals surface area (Å²) in [7, 11) is 0. The number of nitrogens with zero attached hydrogens (tertiary/aromatic N) is 1. The molecule has 0 saturated carbocycles. The summed E-state index contributed by atoms with van der Waals surface area (Å²) in [6, 6.07) is 4.25. The molecule has 1 fully saturated rings. The third kappa shape index (κ3) is 3.57. The normalized spacial score (nSPS) is 16.5. The number of hydrogen-bond donors (Lipinski definition) is 1. The molecule has 110 valence electrons. The number of likely N-dealkylation sites (tertiary alicyclic amines) is 1. The molecule has 0 spiro atoms. The average molecular weight is 278 g/mol. The number of rotatable bonds is 3. The Bertz CT molecular complexity index is 470. The highest BCUT2D eigenvalue weighted by Crippen LogP contribution is 2.16. The first kappa shape index (κ1) is 15.0. The topological polar surface area (TPSA) is 32.3 Å². The van der Waals surface area contributed by atoms with Gasteiger partial charge in [-0.15, -0.1) is 0 Å². The molecular weight excluding hydrogens is 255 g/mol. The van der Waals surface area contributed by atoms with Crippen LogP contribution in [0.1, 0.15) is 36.5 Å². The van der Waals surface area contributed by atoms with Crippen molar-refractivity contribution in [2.75, 3.05) is 13.1 Å². The van der Waals surface area contributed by atoms with E-state index in [0.29, 0.717) is 17.2 Å². The fraction of sp³-hybridized carbons (Fsp3) is 0.562. The molecule has 1 N–H and O–H groups in total. The Hall–Kier alpha value is -1.42.